The Balaban J connectivity index is 2.45. The molecule has 1 atom stereocenters. The number of pyridine rings is 1. The molecule has 0 aliphatic heterocycles. The van der Waals surface area contributed by atoms with E-state index in [2.05, 4.69) is 40.1 Å². The first-order valence-corrected chi connectivity index (χ1v) is 5.96. The predicted molar refractivity (Wildman–Crippen MR) is 66.5 cm³/mol. The second-order valence-corrected chi connectivity index (χ2v) is 4.85. The van der Waals surface area contributed by atoms with Crippen LogP contribution in [0.15, 0.2) is 22.8 Å². The fourth-order valence-electron chi connectivity index (χ4n) is 1.34. The molecule has 0 spiro atoms. The van der Waals surface area contributed by atoms with Gasteiger partial charge in [-0.25, -0.2) is 0 Å². The van der Waals surface area contributed by atoms with E-state index in [0.29, 0.717) is 18.5 Å². The first-order chi connectivity index (χ1) is 7.13. The van der Waals surface area contributed by atoms with Crippen molar-refractivity contribution in [3.05, 3.63) is 28.5 Å². The molecular formula is C11H18BrN3. The molecule has 1 unspecified atom stereocenters. The van der Waals surface area contributed by atoms with Crippen LogP contribution in [-0.2, 0) is 6.54 Å². The van der Waals surface area contributed by atoms with Crippen LogP contribution in [0.4, 0.5) is 0 Å². The van der Waals surface area contributed by atoms with Crippen LogP contribution in [0.5, 0.6) is 0 Å². The van der Waals surface area contributed by atoms with Crippen molar-refractivity contribution >= 4 is 15.9 Å². The smallest absolute Gasteiger partial charge is 0.0542 e. The van der Waals surface area contributed by atoms with Gasteiger partial charge in [0, 0.05) is 29.8 Å². The van der Waals surface area contributed by atoms with Crippen LogP contribution >= 0.6 is 15.9 Å². The normalized spacial score (nSPS) is 13.1. The lowest BCUT2D eigenvalue weighted by Crippen LogP contribution is -2.39. The third-order valence-corrected chi connectivity index (χ3v) is 2.86. The van der Waals surface area contributed by atoms with Gasteiger partial charge < -0.3 is 11.1 Å². The molecule has 0 aliphatic rings. The highest BCUT2D eigenvalue weighted by atomic mass is 79.9. The summed E-state index contributed by atoms with van der Waals surface area (Å²) in [4.78, 5) is 4.29. The van der Waals surface area contributed by atoms with Crippen molar-refractivity contribution < 1.29 is 0 Å². The molecule has 0 saturated heterocycles. The van der Waals surface area contributed by atoms with Gasteiger partial charge in [0.25, 0.3) is 0 Å². The van der Waals surface area contributed by atoms with Crippen LogP contribution in [0.1, 0.15) is 19.5 Å². The summed E-state index contributed by atoms with van der Waals surface area (Å²) in [5, 5.41) is 3.40. The summed E-state index contributed by atoms with van der Waals surface area (Å²) in [6.07, 6.45) is 1.81. The molecule has 0 aliphatic carbocycles. The van der Waals surface area contributed by atoms with Crippen molar-refractivity contribution in [1.82, 2.24) is 10.3 Å². The molecule has 0 fully saturated rings. The number of hydrogen-bond donors (Lipinski definition) is 2. The van der Waals surface area contributed by atoms with Gasteiger partial charge in [0.1, 0.15) is 0 Å². The van der Waals surface area contributed by atoms with E-state index in [1.807, 2.05) is 18.3 Å². The molecule has 0 bridgehead atoms. The molecule has 15 heavy (non-hydrogen) atoms. The molecule has 0 radical (unpaired) electrons. The summed E-state index contributed by atoms with van der Waals surface area (Å²) >= 11 is 3.36. The fraction of sp³-hybridized carbons (Fsp3) is 0.545. The van der Waals surface area contributed by atoms with Crippen LogP contribution in [0.3, 0.4) is 0 Å². The van der Waals surface area contributed by atoms with Gasteiger partial charge in [-0.05, 0) is 34.0 Å². The number of halogens is 1. The Hall–Kier alpha value is -0.450. The van der Waals surface area contributed by atoms with Crippen LogP contribution < -0.4 is 11.1 Å². The van der Waals surface area contributed by atoms with Crippen LogP contribution in [-0.4, -0.2) is 17.6 Å². The van der Waals surface area contributed by atoms with Gasteiger partial charge in [0.05, 0.1) is 5.69 Å². The Kier molecular flexibility index (Phi) is 5.22. The molecule has 0 aromatic carbocycles. The van der Waals surface area contributed by atoms with Crippen molar-refractivity contribution in [2.75, 3.05) is 6.54 Å². The lowest BCUT2D eigenvalue weighted by molar-refractivity contribution is 0.403. The highest BCUT2D eigenvalue weighted by molar-refractivity contribution is 9.10. The molecule has 1 rings (SSSR count). The molecule has 1 heterocycles. The second kappa shape index (κ2) is 6.20. The SMILES string of the molecule is CC(C)C(CN)NCc1ccc(Br)cn1. The maximum Gasteiger partial charge on any atom is 0.0542 e. The van der Waals surface area contributed by atoms with Crippen molar-refractivity contribution in [3.63, 3.8) is 0 Å². The highest BCUT2D eigenvalue weighted by Gasteiger charge is 2.10. The second-order valence-electron chi connectivity index (χ2n) is 3.93. The number of aromatic nitrogens is 1. The van der Waals surface area contributed by atoms with E-state index in [1.165, 1.54) is 0 Å². The molecule has 0 amide bonds. The quantitative estimate of drug-likeness (QED) is 0.861. The topological polar surface area (TPSA) is 50.9 Å². The summed E-state index contributed by atoms with van der Waals surface area (Å²) in [6.45, 7) is 5.76. The maximum absolute atomic E-state index is 5.67. The van der Waals surface area contributed by atoms with E-state index < -0.39 is 0 Å². The van der Waals surface area contributed by atoms with Gasteiger partial charge in [-0.1, -0.05) is 13.8 Å². The minimum absolute atomic E-state index is 0.357. The molecule has 3 nitrogen and oxygen atoms in total. The van der Waals surface area contributed by atoms with E-state index in [4.69, 9.17) is 5.73 Å². The molecule has 1 aromatic heterocycles. The zero-order chi connectivity index (χ0) is 11.3. The van der Waals surface area contributed by atoms with E-state index in [0.717, 1.165) is 16.7 Å². The predicted octanol–water partition coefficient (Wildman–Crippen LogP) is 1.92. The number of nitrogens with one attached hydrogen (secondary N) is 1. The van der Waals surface area contributed by atoms with Crippen molar-refractivity contribution in [1.29, 1.82) is 0 Å². The first kappa shape index (κ1) is 12.6. The zero-order valence-corrected chi connectivity index (χ0v) is 10.8. The lowest BCUT2D eigenvalue weighted by Gasteiger charge is -2.20. The largest absolute Gasteiger partial charge is 0.329 e. The monoisotopic (exact) mass is 271 g/mol. The number of nitrogens with two attached hydrogens (primary N) is 1. The Bertz CT molecular complexity index is 284. The molecule has 1 aromatic rings. The molecule has 3 N–H and O–H groups in total. The van der Waals surface area contributed by atoms with E-state index in [-0.39, 0.29) is 0 Å². The van der Waals surface area contributed by atoms with Crippen molar-refractivity contribution in [2.45, 2.75) is 26.4 Å². The summed E-state index contributed by atoms with van der Waals surface area (Å²) in [7, 11) is 0. The fourth-order valence-corrected chi connectivity index (χ4v) is 1.57. The average molecular weight is 272 g/mol. The summed E-state index contributed by atoms with van der Waals surface area (Å²) < 4.78 is 1.01. The summed E-state index contributed by atoms with van der Waals surface area (Å²) in [5.74, 6) is 0.547. The molecular weight excluding hydrogens is 254 g/mol. The Morgan fingerprint density at radius 3 is 2.67 bits per heavy atom. The number of hydrogen-bond acceptors (Lipinski definition) is 3. The van der Waals surface area contributed by atoms with Gasteiger partial charge in [0.15, 0.2) is 0 Å². The van der Waals surface area contributed by atoms with E-state index >= 15 is 0 Å². The van der Waals surface area contributed by atoms with Crippen LogP contribution in [0, 0.1) is 5.92 Å². The van der Waals surface area contributed by atoms with Crippen LogP contribution in [0.2, 0.25) is 0 Å². The molecule has 0 saturated carbocycles. The van der Waals surface area contributed by atoms with Gasteiger partial charge in [-0.2, -0.15) is 0 Å². The number of nitrogens with zero attached hydrogens (tertiary/aromatic N) is 1. The van der Waals surface area contributed by atoms with Gasteiger partial charge in [-0.3, -0.25) is 4.98 Å². The van der Waals surface area contributed by atoms with E-state index in [1.54, 1.807) is 0 Å². The minimum atomic E-state index is 0.357. The first-order valence-electron chi connectivity index (χ1n) is 5.17. The molecule has 4 heteroatoms. The van der Waals surface area contributed by atoms with Gasteiger partial charge >= 0.3 is 0 Å². The standard InChI is InChI=1S/C11H18BrN3/c1-8(2)11(5-13)15-7-10-4-3-9(12)6-14-10/h3-4,6,8,11,15H,5,7,13H2,1-2H3. The third kappa shape index (κ3) is 4.28. The van der Waals surface area contributed by atoms with Crippen molar-refractivity contribution in [2.24, 2.45) is 11.7 Å². The van der Waals surface area contributed by atoms with Crippen molar-refractivity contribution in [3.8, 4) is 0 Å². The third-order valence-electron chi connectivity index (χ3n) is 2.39. The Labute approximate surface area is 99.6 Å². The molecule has 84 valence electrons. The van der Waals surface area contributed by atoms with Crippen LogP contribution in [0.25, 0.3) is 0 Å². The maximum atomic E-state index is 5.67. The summed E-state index contributed by atoms with van der Waals surface area (Å²) in [5.41, 5.74) is 6.71. The summed E-state index contributed by atoms with van der Waals surface area (Å²) in [6, 6.07) is 4.36. The minimum Gasteiger partial charge on any atom is -0.329 e. The van der Waals surface area contributed by atoms with Gasteiger partial charge in [-0.15, -0.1) is 0 Å². The number of rotatable bonds is 5. The lowest BCUT2D eigenvalue weighted by atomic mass is 10.0. The zero-order valence-electron chi connectivity index (χ0n) is 9.20. The van der Waals surface area contributed by atoms with Gasteiger partial charge in [0.2, 0.25) is 0 Å². The Morgan fingerprint density at radius 1 is 1.47 bits per heavy atom. The highest BCUT2D eigenvalue weighted by Crippen LogP contribution is 2.08. The Morgan fingerprint density at radius 2 is 2.20 bits per heavy atom. The van der Waals surface area contributed by atoms with E-state index in [9.17, 15) is 0 Å². The average Bonchev–Trinajstić information content (AvgIpc) is 2.21.